The standard InChI is InChI=1S/C11H13ClN4S/c1-8(2)16-11(13-14-15-16)17-7-9-5-3-4-6-10(9)12/h3-6,8H,7H2,1-2H3. The minimum Gasteiger partial charge on any atom is -0.218 e. The molecule has 0 bridgehead atoms. The first-order valence-electron chi connectivity index (χ1n) is 5.32. The number of hydrogen-bond donors (Lipinski definition) is 0. The zero-order valence-electron chi connectivity index (χ0n) is 9.67. The quantitative estimate of drug-likeness (QED) is 0.799. The Morgan fingerprint density at radius 1 is 1.35 bits per heavy atom. The molecule has 0 unspecified atom stereocenters. The van der Waals surface area contributed by atoms with Crippen molar-refractivity contribution in [1.29, 1.82) is 0 Å². The van der Waals surface area contributed by atoms with Crippen LogP contribution in [0.5, 0.6) is 0 Å². The van der Waals surface area contributed by atoms with Gasteiger partial charge in [-0.25, -0.2) is 4.68 Å². The molecule has 0 aliphatic rings. The van der Waals surface area contributed by atoms with Gasteiger partial charge < -0.3 is 0 Å². The summed E-state index contributed by atoms with van der Waals surface area (Å²) in [6, 6.07) is 8.07. The third-order valence-corrected chi connectivity index (χ3v) is 3.62. The minimum atomic E-state index is 0.263. The van der Waals surface area contributed by atoms with Crippen LogP contribution in [0.4, 0.5) is 0 Å². The molecule has 0 amide bonds. The first-order chi connectivity index (χ1) is 8.18. The molecule has 1 aromatic carbocycles. The largest absolute Gasteiger partial charge is 0.218 e. The average molecular weight is 269 g/mol. The molecule has 1 aromatic heterocycles. The van der Waals surface area contributed by atoms with Crippen molar-refractivity contribution in [3.63, 3.8) is 0 Å². The first-order valence-corrected chi connectivity index (χ1v) is 6.69. The fourth-order valence-electron chi connectivity index (χ4n) is 1.36. The fraction of sp³-hybridized carbons (Fsp3) is 0.364. The van der Waals surface area contributed by atoms with Gasteiger partial charge in [0.25, 0.3) is 0 Å². The Balaban J connectivity index is 2.08. The topological polar surface area (TPSA) is 43.6 Å². The van der Waals surface area contributed by atoms with Crippen LogP contribution in [0, 0.1) is 0 Å². The van der Waals surface area contributed by atoms with Crippen molar-refractivity contribution < 1.29 is 0 Å². The van der Waals surface area contributed by atoms with Crippen molar-refractivity contribution in [3.8, 4) is 0 Å². The highest BCUT2D eigenvalue weighted by Crippen LogP contribution is 2.25. The van der Waals surface area contributed by atoms with Crippen molar-refractivity contribution in [1.82, 2.24) is 20.2 Å². The van der Waals surface area contributed by atoms with Crippen molar-refractivity contribution in [2.45, 2.75) is 30.8 Å². The van der Waals surface area contributed by atoms with Crippen LogP contribution in [0.15, 0.2) is 29.4 Å². The molecule has 0 aliphatic carbocycles. The van der Waals surface area contributed by atoms with Crippen LogP contribution in [-0.2, 0) is 5.75 Å². The Morgan fingerprint density at radius 2 is 2.12 bits per heavy atom. The number of nitrogens with zero attached hydrogens (tertiary/aromatic N) is 4. The number of halogens is 1. The molecule has 2 rings (SSSR count). The van der Waals surface area contributed by atoms with E-state index < -0.39 is 0 Å². The highest BCUT2D eigenvalue weighted by Gasteiger charge is 2.10. The Labute approximate surface area is 109 Å². The average Bonchev–Trinajstić information content (AvgIpc) is 2.76. The van der Waals surface area contributed by atoms with Crippen LogP contribution < -0.4 is 0 Å². The molecule has 0 fully saturated rings. The fourth-order valence-corrected chi connectivity index (χ4v) is 2.65. The molecule has 0 N–H and O–H groups in total. The summed E-state index contributed by atoms with van der Waals surface area (Å²) in [6.07, 6.45) is 0. The predicted molar refractivity (Wildman–Crippen MR) is 69.2 cm³/mol. The summed E-state index contributed by atoms with van der Waals surface area (Å²) in [4.78, 5) is 0. The van der Waals surface area contributed by atoms with Gasteiger partial charge in [-0.3, -0.25) is 0 Å². The summed E-state index contributed by atoms with van der Waals surface area (Å²) < 4.78 is 1.81. The molecule has 90 valence electrons. The van der Waals surface area contributed by atoms with Gasteiger partial charge in [0.05, 0.1) is 6.04 Å². The lowest BCUT2D eigenvalue weighted by Gasteiger charge is -2.07. The summed E-state index contributed by atoms with van der Waals surface area (Å²) in [6.45, 7) is 4.10. The molecule has 2 aromatic rings. The van der Waals surface area contributed by atoms with E-state index in [0.29, 0.717) is 0 Å². The lowest BCUT2D eigenvalue weighted by Crippen LogP contribution is -2.04. The van der Waals surface area contributed by atoms with Crippen molar-refractivity contribution in [3.05, 3.63) is 34.9 Å². The van der Waals surface area contributed by atoms with Gasteiger partial charge >= 0.3 is 0 Å². The molecule has 1 heterocycles. The second kappa shape index (κ2) is 5.51. The molecule has 0 radical (unpaired) electrons. The number of benzene rings is 1. The lowest BCUT2D eigenvalue weighted by molar-refractivity contribution is 0.477. The lowest BCUT2D eigenvalue weighted by atomic mass is 10.2. The highest BCUT2D eigenvalue weighted by molar-refractivity contribution is 7.98. The Bertz CT molecular complexity index is 498. The Morgan fingerprint density at radius 3 is 2.82 bits per heavy atom. The van der Waals surface area contributed by atoms with Gasteiger partial charge in [-0.1, -0.05) is 41.6 Å². The smallest absolute Gasteiger partial charge is 0.209 e. The van der Waals surface area contributed by atoms with E-state index in [1.54, 1.807) is 11.8 Å². The van der Waals surface area contributed by atoms with E-state index in [1.165, 1.54) is 0 Å². The van der Waals surface area contributed by atoms with Gasteiger partial charge in [-0.15, -0.1) is 5.10 Å². The van der Waals surface area contributed by atoms with E-state index in [9.17, 15) is 0 Å². The number of aromatic nitrogens is 4. The molecule has 17 heavy (non-hydrogen) atoms. The Hall–Kier alpha value is -1.07. The zero-order chi connectivity index (χ0) is 12.3. The van der Waals surface area contributed by atoms with Crippen LogP contribution >= 0.6 is 23.4 Å². The maximum absolute atomic E-state index is 6.09. The van der Waals surface area contributed by atoms with Crippen LogP contribution in [-0.4, -0.2) is 20.2 Å². The van der Waals surface area contributed by atoms with E-state index in [4.69, 9.17) is 11.6 Å². The molecule has 0 spiro atoms. The first kappa shape index (κ1) is 12.4. The van der Waals surface area contributed by atoms with Crippen LogP contribution in [0.1, 0.15) is 25.5 Å². The number of tetrazole rings is 1. The van der Waals surface area contributed by atoms with E-state index >= 15 is 0 Å². The minimum absolute atomic E-state index is 0.263. The van der Waals surface area contributed by atoms with Crippen LogP contribution in [0.2, 0.25) is 5.02 Å². The molecule has 0 aliphatic heterocycles. The number of rotatable bonds is 4. The number of hydrogen-bond acceptors (Lipinski definition) is 4. The van der Waals surface area contributed by atoms with Crippen molar-refractivity contribution in [2.75, 3.05) is 0 Å². The maximum atomic E-state index is 6.09. The monoisotopic (exact) mass is 268 g/mol. The normalized spacial score (nSPS) is 11.1. The maximum Gasteiger partial charge on any atom is 0.209 e. The molecule has 0 saturated carbocycles. The second-order valence-corrected chi connectivity index (χ2v) is 5.23. The summed E-state index contributed by atoms with van der Waals surface area (Å²) in [5.41, 5.74) is 1.09. The molecule has 0 atom stereocenters. The van der Waals surface area contributed by atoms with Crippen LogP contribution in [0.25, 0.3) is 0 Å². The number of thioether (sulfide) groups is 1. The Kier molecular flexibility index (Phi) is 4.02. The third-order valence-electron chi connectivity index (χ3n) is 2.27. The van der Waals surface area contributed by atoms with E-state index in [1.807, 2.05) is 28.9 Å². The summed E-state index contributed by atoms with van der Waals surface area (Å²) in [7, 11) is 0. The van der Waals surface area contributed by atoms with Crippen molar-refractivity contribution in [2.24, 2.45) is 0 Å². The van der Waals surface area contributed by atoms with Gasteiger partial charge in [0, 0.05) is 10.8 Å². The van der Waals surface area contributed by atoms with E-state index in [-0.39, 0.29) is 6.04 Å². The zero-order valence-corrected chi connectivity index (χ0v) is 11.2. The van der Waals surface area contributed by atoms with Gasteiger partial charge in [0.15, 0.2) is 0 Å². The highest BCUT2D eigenvalue weighted by atomic mass is 35.5. The van der Waals surface area contributed by atoms with Crippen LogP contribution in [0.3, 0.4) is 0 Å². The van der Waals surface area contributed by atoms with Gasteiger partial charge in [-0.05, 0) is 35.9 Å². The third kappa shape index (κ3) is 2.98. The molecular formula is C11H13ClN4S. The summed E-state index contributed by atoms with van der Waals surface area (Å²) >= 11 is 7.69. The van der Waals surface area contributed by atoms with Gasteiger partial charge in [-0.2, -0.15) is 0 Å². The van der Waals surface area contributed by atoms with Gasteiger partial charge in [0.2, 0.25) is 5.16 Å². The summed E-state index contributed by atoms with van der Waals surface area (Å²) in [5.74, 6) is 0.771. The van der Waals surface area contributed by atoms with Gasteiger partial charge in [0.1, 0.15) is 0 Å². The molecule has 6 heteroatoms. The molecular weight excluding hydrogens is 256 g/mol. The van der Waals surface area contributed by atoms with E-state index in [2.05, 4.69) is 29.4 Å². The molecule has 0 saturated heterocycles. The summed E-state index contributed by atoms with van der Waals surface area (Å²) in [5, 5.41) is 13.2. The predicted octanol–water partition coefficient (Wildman–Crippen LogP) is 3.20. The van der Waals surface area contributed by atoms with E-state index in [0.717, 1.165) is 21.5 Å². The van der Waals surface area contributed by atoms with Crippen molar-refractivity contribution >= 4 is 23.4 Å². The second-order valence-electron chi connectivity index (χ2n) is 3.88. The molecule has 4 nitrogen and oxygen atoms in total. The SMILES string of the molecule is CC(C)n1nnnc1SCc1ccccc1Cl.